The maximum atomic E-state index is 13.3. The fraction of sp³-hybridized carbons (Fsp3) is 0.250. The van der Waals surface area contributed by atoms with Gasteiger partial charge in [0.15, 0.2) is 11.5 Å². The second-order valence-corrected chi connectivity index (χ2v) is 8.22. The molecule has 0 spiro atoms. The number of nitrogens with one attached hydrogen (secondary N) is 2. The molecule has 1 fully saturated rings. The molecule has 0 bridgehead atoms. The third-order valence-corrected chi connectivity index (χ3v) is 6.03. The van der Waals surface area contributed by atoms with E-state index in [0.717, 1.165) is 17.4 Å². The smallest absolute Gasteiger partial charge is 0.395 e. The minimum Gasteiger partial charge on any atom is -0.395 e. The number of alkyl halides is 2. The Hall–Kier alpha value is -3.68. The van der Waals surface area contributed by atoms with Crippen LogP contribution in [0.25, 0.3) is 0 Å². The van der Waals surface area contributed by atoms with Gasteiger partial charge in [-0.1, -0.05) is 30.3 Å². The van der Waals surface area contributed by atoms with Gasteiger partial charge in [0.1, 0.15) is 12.1 Å². The predicted octanol–water partition coefficient (Wildman–Crippen LogP) is 4.10. The van der Waals surface area contributed by atoms with E-state index in [0.29, 0.717) is 29.8 Å². The van der Waals surface area contributed by atoms with Gasteiger partial charge in [-0.15, -0.1) is 8.78 Å². The zero-order chi connectivity index (χ0) is 22.5. The molecule has 1 aliphatic carbocycles. The van der Waals surface area contributed by atoms with Crippen molar-refractivity contribution in [3.05, 3.63) is 82.7 Å². The lowest BCUT2D eigenvalue weighted by Crippen LogP contribution is -2.40. The molecule has 0 radical (unpaired) electrons. The summed E-state index contributed by atoms with van der Waals surface area (Å²) in [6, 6.07) is 11.5. The Kier molecular flexibility index (Phi) is 4.54. The molecule has 2 aromatic carbocycles. The fourth-order valence-corrected chi connectivity index (χ4v) is 4.12. The fourth-order valence-electron chi connectivity index (χ4n) is 4.12. The Labute approximate surface area is 182 Å². The highest BCUT2D eigenvalue weighted by atomic mass is 19.3. The first-order valence-electron chi connectivity index (χ1n) is 10.2. The summed E-state index contributed by atoms with van der Waals surface area (Å²) in [5.74, 6) is 0.179. The number of halogens is 2. The van der Waals surface area contributed by atoms with Crippen molar-refractivity contribution in [3.63, 3.8) is 0 Å². The summed E-state index contributed by atoms with van der Waals surface area (Å²) in [4.78, 5) is 24.3. The Morgan fingerprint density at radius 1 is 1.12 bits per heavy atom. The summed E-state index contributed by atoms with van der Waals surface area (Å²) in [5, 5.41) is 6.24. The van der Waals surface area contributed by atoms with E-state index < -0.39 is 11.7 Å². The quantitative estimate of drug-likeness (QED) is 0.688. The molecular weight excluding hydrogens is 418 g/mol. The highest BCUT2D eigenvalue weighted by molar-refractivity contribution is 5.92. The van der Waals surface area contributed by atoms with Crippen LogP contribution in [0.15, 0.2) is 66.0 Å². The number of benzene rings is 2. The molecule has 3 aliphatic rings. The van der Waals surface area contributed by atoms with Crippen molar-refractivity contribution in [2.75, 3.05) is 0 Å². The average molecular weight is 438 g/mol. The van der Waals surface area contributed by atoms with Gasteiger partial charge in [0.25, 0.3) is 0 Å². The molecule has 164 valence electrons. The van der Waals surface area contributed by atoms with Crippen molar-refractivity contribution in [1.29, 1.82) is 0 Å². The van der Waals surface area contributed by atoms with Crippen molar-refractivity contribution in [1.82, 2.24) is 10.6 Å². The summed E-state index contributed by atoms with van der Waals surface area (Å²) in [6.07, 6.45) is 1.99. The van der Waals surface area contributed by atoms with Gasteiger partial charge >= 0.3 is 6.29 Å². The van der Waals surface area contributed by atoms with Crippen molar-refractivity contribution < 1.29 is 27.8 Å². The molecule has 0 aromatic heterocycles. The van der Waals surface area contributed by atoms with Crippen LogP contribution in [-0.4, -0.2) is 18.5 Å². The normalized spacial score (nSPS) is 21.7. The van der Waals surface area contributed by atoms with E-state index >= 15 is 0 Å². The molecule has 1 saturated carbocycles. The second-order valence-electron chi connectivity index (χ2n) is 8.22. The first-order valence-corrected chi connectivity index (χ1v) is 10.2. The number of carbonyl (C=O) groups is 2. The first kappa shape index (κ1) is 20.2. The van der Waals surface area contributed by atoms with E-state index in [-0.39, 0.29) is 23.4 Å². The number of rotatable bonds is 5. The molecule has 32 heavy (non-hydrogen) atoms. The van der Waals surface area contributed by atoms with Crippen molar-refractivity contribution in [2.45, 2.75) is 37.5 Å². The van der Waals surface area contributed by atoms with E-state index in [1.54, 1.807) is 24.3 Å². The van der Waals surface area contributed by atoms with Crippen LogP contribution in [0.1, 0.15) is 47.3 Å². The van der Waals surface area contributed by atoms with Crippen molar-refractivity contribution >= 4 is 12.2 Å². The van der Waals surface area contributed by atoms with Gasteiger partial charge in [-0.2, -0.15) is 0 Å². The summed E-state index contributed by atoms with van der Waals surface area (Å²) in [7, 11) is 0. The number of allylic oxidation sites excluding steroid dienone is 2. The molecule has 2 heterocycles. The maximum Gasteiger partial charge on any atom is 0.586 e. The number of carbonyl (C=O) groups excluding carboxylic acids is 2. The minimum atomic E-state index is -3.70. The Morgan fingerprint density at radius 2 is 1.91 bits per heavy atom. The SMILES string of the molecule is CC1=CC=C(NC(=O)C2(c3ccc4c(c3)OC(F)(F)O4)CC2)NC1c1cccc(C=O)c1. The number of hydrogen-bond acceptors (Lipinski definition) is 5. The monoisotopic (exact) mass is 438 g/mol. The zero-order valence-electron chi connectivity index (χ0n) is 17.2. The number of dihydropyridines is 1. The van der Waals surface area contributed by atoms with Gasteiger partial charge in [-0.05, 0) is 60.7 Å². The summed E-state index contributed by atoms with van der Waals surface area (Å²) < 4.78 is 35.7. The van der Waals surface area contributed by atoms with E-state index in [9.17, 15) is 18.4 Å². The van der Waals surface area contributed by atoms with Crippen LogP contribution in [0.2, 0.25) is 0 Å². The number of hydrogen-bond donors (Lipinski definition) is 2. The Bertz CT molecular complexity index is 1180. The molecule has 6 nitrogen and oxygen atoms in total. The van der Waals surface area contributed by atoms with Crippen LogP contribution in [0.3, 0.4) is 0 Å². The van der Waals surface area contributed by atoms with E-state index in [1.165, 1.54) is 12.1 Å². The summed E-state index contributed by atoms with van der Waals surface area (Å²) in [6.45, 7) is 1.96. The molecule has 8 heteroatoms. The van der Waals surface area contributed by atoms with Crippen LogP contribution in [0.4, 0.5) is 8.78 Å². The lowest BCUT2D eigenvalue weighted by Gasteiger charge is -2.27. The molecular formula is C24H20F2N2O4. The van der Waals surface area contributed by atoms with Crippen LogP contribution >= 0.6 is 0 Å². The standard InChI is InChI=1S/C24H20F2N2O4/c1-14-5-8-20(27-21(14)16-4-2-3-15(11-16)13-29)28-22(30)23(9-10-23)17-6-7-18-19(12-17)32-24(25,26)31-18/h2-8,11-13,21,27H,9-10H2,1H3,(H,28,30). The van der Waals surface area contributed by atoms with Crippen LogP contribution in [0.5, 0.6) is 11.5 Å². The second kappa shape index (κ2) is 7.19. The molecule has 0 saturated heterocycles. The van der Waals surface area contributed by atoms with E-state index in [4.69, 9.17) is 0 Å². The van der Waals surface area contributed by atoms with Gasteiger partial charge in [0.2, 0.25) is 5.91 Å². The topological polar surface area (TPSA) is 76.7 Å². The maximum absolute atomic E-state index is 13.3. The first-order chi connectivity index (χ1) is 15.3. The van der Waals surface area contributed by atoms with Crippen molar-refractivity contribution in [3.8, 4) is 11.5 Å². The summed E-state index contributed by atoms with van der Waals surface area (Å²) in [5.41, 5.74) is 2.31. The lowest BCUT2D eigenvalue weighted by molar-refractivity contribution is -0.286. The molecule has 5 rings (SSSR count). The zero-order valence-corrected chi connectivity index (χ0v) is 17.2. The van der Waals surface area contributed by atoms with Crippen LogP contribution < -0.4 is 20.1 Å². The number of ether oxygens (including phenoxy) is 2. The average Bonchev–Trinajstić information content (AvgIpc) is 3.52. The van der Waals surface area contributed by atoms with E-state index in [2.05, 4.69) is 20.1 Å². The molecule has 1 atom stereocenters. The van der Waals surface area contributed by atoms with Gasteiger partial charge < -0.3 is 20.1 Å². The van der Waals surface area contributed by atoms with Gasteiger partial charge in [-0.25, -0.2) is 0 Å². The highest BCUT2D eigenvalue weighted by Crippen LogP contribution is 2.52. The third kappa shape index (κ3) is 3.51. The largest absolute Gasteiger partial charge is 0.586 e. The molecule has 2 aromatic rings. The van der Waals surface area contributed by atoms with Gasteiger partial charge in [0.05, 0.1) is 11.5 Å². The molecule has 1 unspecified atom stereocenters. The molecule has 2 N–H and O–H groups in total. The lowest BCUT2D eigenvalue weighted by atomic mass is 9.94. The molecule has 1 amide bonds. The molecule has 2 aliphatic heterocycles. The number of fused-ring (bicyclic) bond motifs is 1. The number of aldehydes is 1. The minimum absolute atomic E-state index is 0.0485. The highest BCUT2D eigenvalue weighted by Gasteiger charge is 2.53. The predicted molar refractivity (Wildman–Crippen MR) is 111 cm³/mol. The van der Waals surface area contributed by atoms with E-state index in [1.807, 2.05) is 25.1 Å². The Morgan fingerprint density at radius 3 is 2.66 bits per heavy atom. The van der Waals surface area contributed by atoms with Crippen LogP contribution in [0, 0.1) is 0 Å². The van der Waals surface area contributed by atoms with Gasteiger partial charge in [-0.3, -0.25) is 9.59 Å². The Balaban J connectivity index is 1.34. The third-order valence-electron chi connectivity index (χ3n) is 6.03. The van der Waals surface area contributed by atoms with Crippen molar-refractivity contribution in [2.24, 2.45) is 0 Å². The summed E-state index contributed by atoms with van der Waals surface area (Å²) >= 11 is 0. The van der Waals surface area contributed by atoms with Gasteiger partial charge in [0, 0.05) is 5.56 Å². The number of amides is 1. The van der Waals surface area contributed by atoms with Crippen LogP contribution in [-0.2, 0) is 10.2 Å².